The van der Waals surface area contributed by atoms with Crippen molar-refractivity contribution in [3.63, 3.8) is 0 Å². The van der Waals surface area contributed by atoms with E-state index in [4.69, 9.17) is 0 Å². The number of hydrogen-bond donors (Lipinski definition) is 3. The van der Waals surface area contributed by atoms with Gasteiger partial charge in [-0.15, -0.1) is 0 Å². The van der Waals surface area contributed by atoms with Gasteiger partial charge in [-0.2, -0.15) is 0 Å². The van der Waals surface area contributed by atoms with Crippen LogP contribution in [0.1, 0.15) is 55.1 Å². The first-order chi connectivity index (χ1) is 18.5. The Kier molecular flexibility index (Phi) is 9.34. The quantitative estimate of drug-likeness (QED) is 0.227. The van der Waals surface area contributed by atoms with E-state index in [1.165, 1.54) is 18.6 Å². The van der Waals surface area contributed by atoms with Gasteiger partial charge in [0, 0.05) is 42.0 Å². The number of aromatic amines is 1. The van der Waals surface area contributed by atoms with E-state index in [2.05, 4.69) is 43.8 Å². The summed E-state index contributed by atoms with van der Waals surface area (Å²) in [6, 6.07) is 17.6. The van der Waals surface area contributed by atoms with Crippen molar-refractivity contribution in [2.24, 2.45) is 0 Å². The van der Waals surface area contributed by atoms with Crippen molar-refractivity contribution in [1.82, 2.24) is 25.6 Å². The van der Waals surface area contributed by atoms with Gasteiger partial charge in [0.1, 0.15) is 17.5 Å². The van der Waals surface area contributed by atoms with Crippen LogP contribution >= 0.6 is 0 Å². The predicted molar refractivity (Wildman–Crippen MR) is 148 cm³/mol. The Balaban J connectivity index is 1.43. The molecule has 0 radical (unpaired) electrons. The summed E-state index contributed by atoms with van der Waals surface area (Å²) in [5.74, 6) is -0.526. The maximum Gasteiger partial charge on any atom is 0.272 e. The average molecular weight is 512 g/mol. The number of hydrogen-bond acceptors (Lipinski definition) is 5. The van der Waals surface area contributed by atoms with Crippen LogP contribution in [-0.4, -0.2) is 45.1 Å². The minimum absolute atomic E-state index is 0.155. The summed E-state index contributed by atoms with van der Waals surface area (Å²) in [4.78, 5) is 48.6. The number of amides is 2. The van der Waals surface area contributed by atoms with Gasteiger partial charge < -0.3 is 20.4 Å². The first-order valence-electron chi connectivity index (χ1n) is 13.0. The topological polar surface area (TPSA) is 117 Å². The standard InChI is InChI=1S/C30H33N5O3/c1-21(36)10-4-2-7-15-26(35-30(38)27-20-31-18-19-32-27)29(37)33-17-16-24-23-13-8-9-14-25(23)34-28(24)22-11-5-3-6-12-22/h3,5-6,8-9,11-14,18-20,26,34H,2,4,7,10,15-17H2,1H3,(H,33,37)(H,35,38). The van der Waals surface area contributed by atoms with Crippen LogP contribution in [0.5, 0.6) is 0 Å². The fourth-order valence-corrected chi connectivity index (χ4v) is 4.56. The third-order valence-electron chi connectivity index (χ3n) is 6.49. The molecule has 1 atom stereocenters. The molecule has 0 aliphatic carbocycles. The summed E-state index contributed by atoms with van der Waals surface area (Å²) in [6.45, 7) is 2.00. The van der Waals surface area contributed by atoms with Crippen molar-refractivity contribution >= 4 is 28.5 Å². The van der Waals surface area contributed by atoms with Crippen LogP contribution in [-0.2, 0) is 16.0 Å². The molecule has 38 heavy (non-hydrogen) atoms. The van der Waals surface area contributed by atoms with Gasteiger partial charge >= 0.3 is 0 Å². The smallest absolute Gasteiger partial charge is 0.272 e. The zero-order valence-corrected chi connectivity index (χ0v) is 21.6. The van der Waals surface area contributed by atoms with Crippen molar-refractivity contribution in [3.8, 4) is 11.3 Å². The molecule has 4 aromatic rings. The molecule has 0 saturated carbocycles. The number of nitrogens with zero attached hydrogens (tertiary/aromatic N) is 2. The van der Waals surface area contributed by atoms with Gasteiger partial charge in [0.05, 0.1) is 6.20 Å². The molecule has 196 valence electrons. The summed E-state index contributed by atoms with van der Waals surface area (Å²) in [5, 5.41) is 6.96. The van der Waals surface area contributed by atoms with Gasteiger partial charge in [0.15, 0.2) is 0 Å². The number of carbonyl (C=O) groups is 3. The van der Waals surface area contributed by atoms with E-state index in [1.54, 1.807) is 6.92 Å². The van der Waals surface area contributed by atoms with E-state index in [0.717, 1.165) is 40.6 Å². The fraction of sp³-hybridized carbons (Fsp3) is 0.300. The normalized spacial score (nSPS) is 11.7. The number of fused-ring (bicyclic) bond motifs is 1. The van der Waals surface area contributed by atoms with Gasteiger partial charge in [0.25, 0.3) is 5.91 Å². The lowest BCUT2D eigenvalue weighted by Gasteiger charge is -2.18. The largest absolute Gasteiger partial charge is 0.354 e. The summed E-state index contributed by atoms with van der Waals surface area (Å²) >= 11 is 0. The molecule has 0 fully saturated rings. The lowest BCUT2D eigenvalue weighted by Crippen LogP contribution is -2.47. The molecule has 2 aromatic heterocycles. The minimum Gasteiger partial charge on any atom is -0.354 e. The second-order valence-electron chi connectivity index (χ2n) is 9.35. The molecular weight excluding hydrogens is 478 g/mol. The van der Waals surface area contributed by atoms with Gasteiger partial charge in [-0.3, -0.25) is 14.6 Å². The number of unbranched alkanes of at least 4 members (excludes halogenated alkanes) is 2. The molecule has 0 saturated heterocycles. The lowest BCUT2D eigenvalue weighted by molar-refractivity contribution is -0.123. The Morgan fingerprint density at radius 2 is 1.74 bits per heavy atom. The predicted octanol–water partition coefficient (Wildman–Crippen LogP) is 4.62. The summed E-state index contributed by atoms with van der Waals surface area (Å²) in [5.41, 5.74) is 4.47. The SMILES string of the molecule is CC(=O)CCCCCC(NC(=O)c1cnccn1)C(=O)NCCc1c(-c2ccccc2)[nH]c2ccccc12. The summed E-state index contributed by atoms with van der Waals surface area (Å²) < 4.78 is 0. The molecular formula is C30H33N5O3. The molecule has 3 N–H and O–H groups in total. The highest BCUT2D eigenvalue weighted by Crippen LogP contribution is 2.30. The van der Waals surface area contributed by atoms with E-state index < -0.39 is 11.9 Å². The van der Waals surface area contributed by atoms with E-state index >= 15 is 0 Å². The number of Topliss-reactive ketones (excluding diaryl/α,β-unsaturated/α-hetero) is 1. The molecule has 0 aliphatic heterocycles. The van der Waals surface area contributed by atoms with Crippen molar-refractivity contribution < 1.29 is 14.4 Å². The Hall–Kier alpha value is -4.33. The highest BCUT2D eigenvalue weighted by molar-refractivity contribution is 5.96. The van der Waals surface area contributed by atoms with E-state index in [-0.39, 0.29) is 17.4 Å². The summed E-state index contributed by atoms with van der Waals surface area (Å²) in [7, 11) is 0. The summed E-state index contributed by atoms with van der Waals surface area (Å²) in [6.07, 6.45) is 8.22. The van der Waals surface area contributed by atoms with Gasteiger partial charge in [0.2, 0.25) is 5.91 Å². The van der Waals surface area contributed by atoms with E-state index in [0.29, 0.717) is 32.2 Å². The van der Waals surface area contributed by atoms with Crippen LogP contribution < -0.4 is 10.6 Å². The minimum atomic E-state index is -0.710. The number of para-hydroxylation sites is 1. The van der Waals surface area contributed by atoms with Crippen LogP contribution in [0.25, 0.3) is 22.2 Å². The lowest BCUT2D eigenvalue weighted by atomic mass is 10.0. The van der Waals surface area contributed by atoms with Crippen molar-refractivity contribution in [3.05, 3.63) is 84.4 Å². The molecule has 0 aliphatic rings. The van der Waals surface area contributed by atoms with Gasteiger partial charge in [-0.05, 0) is 43.4 Å². The Labute approximate surface area is 222 Å². The molecule has 2 aromatic carbocycles. The highest BCUT2D eigenvalue weighted by atomic mass is 16.2. The number of nitrogens with one attached hydrogen (secondary N) is 3. The number of rotatable bonds is 13. The number of carbonyl (C=O) groups excluding carboxylic acids is 3. The third kappa shape index (κ3) is 7.12. The number of ketones is 1. The Bertz CT molecular complexity index is 1370. The maximum atomic E-state index is 13.2. The van der Waals surface area contributed by atoms with Crippen molar-refractivity contribution in [2.75, 3.05) is 6.54 Å². The number of benzene rings is 2. The maximum absolute atomic E-state index is 13.2. The van der Waals surface area contributed by atoms with Gasteiger partial charge in [-0.1, -0.05) is 61.4 Å². The highest BCUT2D eigenvalue weighted by Gasteiger charge is 2.22. The van der Waals surface area contributed by atoms with Crippen LogP contribution in [0.2, 0.25) is 0 Å². The first-order valence-corrected chi connectivity index (χ1v) is 13.0. The fourth-order valence-electron chi connectivity index (χ4n) is 4.56. The second kappa shape index (κ2) is 13.3. The van der Waals surface area contributed by atoms with Crippen LogP contribution in [0.4, 0.5) is 0 Å². The average Bonchev–Trinajstić information content (AvgIpc) is 3.31. The molecule has 8 nitrogen and oxygen atoms in total. The zero-order chi connectivity index (χ0) is 26.7. The third-order valence-corrected chi connectivity index (χ3v) is 6.49. The second-order valence-corrected chi connectivity index (χ2v) is 9.35. The molecule has 0 spiro atoms. The molecule has 2 amide bonds. The van der Waals surface area contributed by atoms with E-state index in [1.807, 2.05) is 36.4 Å². The molecule has 4 rings (SSSR count). The van der Waals surface area contributed by atoms with Crippen molar-refractivity contribution in [1.29, 1.82) is 0 Å². The van der Waals surface area contributed by atoms with Crippen LogP contribution in [0.3, 0.4) is 0 Å². The molecule has 1 unspecified atom stereocenters. The first kappa shape index (κ1) is 26.7. The molecule has 8 heteroatoms. The number of aromatic nitrogens is 3. The molecule has 2 heterocycles. The van der Waals surface area contributed by atoms with Crippen LogP contribution in [0.15, 0.2) is 73.2 Å². The zero-order valence-electron chi connectivity index (χ0n) is 21.6. The monoisotopic (exact) mass is 511 g/mol. The van der Waals surface area contributed by atoms with Crippen LogP contribution in [0, 0.1) is 0 Å². The van der Waals surface area contributed by atoms with Crippen molar-refractivity contribution in [2.45, 2.75) is 51.5 Å². The Morgan fingerprint density at radius 3 is 2.50 bits per heavy atom. The number of H-pyrrole nitrogens is 1. The molecule has 0 bridgehead atoms. The van der Waals surface area contributed by atoms with E-state index in [9.17, 15) is 14.4 Å². The Morgan fingerprint density at radius 1 is 0.947 bits per heavy atom. The van der Waals surface area contributed by atoms with Gasteiger partial charge in [-0.25, -0.2) is 4.98 Å².